The topological polar surface area (TPSA) is 111 Å². The molecule has 0 amide bonds. The fraction of sp³-hybridized carbons (Fsp3) is 0.792. The number of fused-ring (bicyclic) bond motifs is 5. The first-order valence-electron chi connectivity index (χ1n) is 11.5. The first kappa shape index (κ1) is 20.7. The number of rotatable bonds is 1. The van der Waals surface area contributed by atoms with Crippen LogP contribution in [-0.4, -0.2) is 44.3 Å². The molecular weight excluding hydrogens is 384 g/mol. The molecule has 5 rings (SSSR count). The normalized spacial score (nSPS) is 52.9. The Bertz CT molecular complexity index is 862. The molecule has 4 saturated carbocycles. The first-order valence-corrected chi connectivity index (χ1v) is 11.5. The second kappa shape index (κ2) is 6.64. The molecule has 4 N–H and O–H groups in total. The van der Waals surface area contributed by atoms with Crippen LogP contribution in [0.15, 0.2) is 27.6 Å². The maximum Gasteiger partial charge on any atom is 0.335 e. The monoisotopic (exact) mass is 418 g/mol. The molecule has 0 unspecified atom stereocenters. The molecule has 10 atom stereocenters. The molecule has 1 aromatic rings. The Morgan fingerprint density at radius 2 is 1.80 bits per heavy atom. The van der Waals surface area contributed by atoms with Crippen molar-refractivity contribution in [2.24, 2.45) is 28.6 Å². The van der Waals surface area contributed by atoms with Crippen molar-refractivity contribution >= 4 is 0 Å². The Morgan fingerprint density at radius 3 is 2.50 bits per heavy atom. The van der Waals surface area contributed by atoms with Gasteiger partial charge in [-0.25, -0.2) is 4.79 Å². The Balaban J connectivity index is 1.55. The number of aliphatic hydroxyl groups is 4. The van der Waals surface area contributed by atoms with E-state index in [0.717, 1.165) is 37.7 Å². The fourth-order valence-corrected chi connectivity index (χ4v) is 8.37. The highest BCUT2D eigenvalue weighted by atomic mass is 16.4. The smallest absolute Gasteiger partial charge is 0.335 e. The van der Waals surface area contributed by atoms with Crippen molar-refractivity contribution in [3.8, 4) is 0 Å². The van der Waals surface area contributed by atoms with Crippen LogP contribution in [0.1, 0.15) is 70.3 Å². The van der Waals surface area contributed by atoms with Gasteiger partial charge in [0.25, 0.3) is 0 Å². The molecule has 166 valence electrons. The van der Waals surface area contributed by atoms with E-state index in [1.165, 1.54) is 12.3 Å². The highest BCUT2D eigenvalue weighted by Gasteiger charge is 2.71. The third-order valence-corrected chi connectivity index (χ3v) is 9.92. The zero-order valence-electron chi connectivity index (χ0n) is 17.8. The van der Waals surface area contributed by atoms with Crippen LogP contribution in [0.4, 0.5) is 0 Å². The lowest BCUT2D eigenvalue weighted by Gasteiger charge is -2.64. The third kappa shape index (κ3) is 2.60. The predicted octanol–water partition coefficient (Wildman–Crippen LogP) is 2.18. The molecule has 6 heteroatoms. The molecule has 4 aliphatic rings. The molecule has 0 spiro atoms. The lowest BCUT2D eigenvalue weighted by atomic mass is 9.42. The minimum absolute atomic E-state index is 0.0111. The van der Waals surface area contributed by atoms with E-state index in [9.17, 15) is 25.2 Å². The maximum absolute atomic E-state index is 12.2. The van der Waals surface area contributed by atoms with Crippen LogP contribution in [-0.2, 0) is 0 Å². The van der Waals surface area contributed by atoms with Gasteiger partial charge in [-0.3, -0.25) is 0 Å². The molecule has 0 aliphatic heterocycles. The van der Waals surface area contributed by atoms with Gasteiger partial charge in [-0.2, -0.15) is 0 Å². The van der Waals surface area contributed by atoms with Crippen molar-refractivity contribution in [2.45, 2.75) is 88.6 Å². The van der Waals surface area contributed by atoms with E-state index >= 15 is 0 Å². The highest BCUT2D eigenvalue weighted by Crippen LogP contribution is 2.70. The average molecular weight is 419 g/mol. The van der Waals surface area contributed by atoms with Gasteiger partial charge < -0.3 is 24.8 Å². The molecule has 1 heterocycles. The van der Waals surface area contributed by atoms with E-state index in [1.807, 2.05) is 6.92 Å². The molecule has 30 heavy (non-hydrogen) atoms. The van der Waals surface area contributed by atoms with Gasteiger partial charge in [-0.05, 0) is 67.4 Å². The fourth-order valence-electron chi connectivity index (χ4n) is 8.37. The van der Waals surface area contributed by atoms with E-state index in [2.05, 4.69) is 6.92 Å². The predicted molar refractivity (Wildman–Crippen MR) is 110 cm³/mol. The van der Waals surface area contributed by atoms with Gasteiger partial charge >= 0.3 is 5.63 Å². The van der Waals surface area contributed by atoms with Crippen molar-refractivity contribution in [1.29, 1.82) is 0 Å². The van der Waals surface area contributed by atoms with Crippen LogP contribution in [0, 0.1) is 28.6 Å². The van der Waals surface area contributed by atoms with Gasteiger partial charge in [-0.15, -0.1) is 0 Å². The lowest BCUT2D eigenvalue weighted by molar-refractivity contribution is -0.238. The minimum atomic E-state index is -1.19. The van der Waals surface area contributed by atoms with Crippen molar-refractivity contribution in [3.63, 3.8) is 0 Å². The molecule has 6 nitrogen and oxygen atoms in total. The Kier molecular flexibility index (Phi) is 4.58. The van der Waals surface area contributed by atoms with Gasteiger partial charge in [0.05, 0.1) is 30.2 Å². The van der Waals surface area contributed by atoms with E-state index < -0.39 is 28.8 Å². The average Bonchev–Trinajstić information content (AvgIpc) is 2.89. The zero-order chi connectivity index (χ0) is 21.5. The van der Waals surface area contributed by atoms with Crippen LogP contribution >= 0.6 is 0 Å². The Morgan fingerprint density at radius 1 is 1.03 bits per heavy atom. The van der Waals surface area contributed by atoms with Crippen molar-refractivity contribution in [3.05, 3.63) is 34.4 Å². The number of hydrogen-bond donors (Lipinski definition) is 4. The molecule has 0 saturated heterocycles. The van der Waals surface area contributed by atoms with E-state index in [-0.39, 0.29) is 41.6 Å². The van der Waals surface area contributed by atoms with Crippen molar-refractivity contribution in [2.75, 3.05) is 0 Å². The maximum atomic E-state index is 12.2. The molecule has 1 aromatic heterocycles. The summed E-state index contributed by atoms with van der Waals surface area (Å²) in [5, 5.41) is 44.7. The standard InChI is InChI=1S/C24H34O6/c1-22-7-5-15(25)9-14(22)10-17(26)21-16(22)6-8-23(2)20(18(27)11-24(21,23)29)13-3-4-19(28)30-12-13/h3-4,12,14-18,20-21,25-27,29H,5-11H2,1-2H3/t14-,15-,16-,17-,18+,20-,21-,22-,23+,24-/m0/s1. The number of hydrogen-bond acceptors (Lipinski definition) is 6. The minimum Gasteiger partial charge on any atom is -0.431 e. The molecule has 4 fully saturated rings. The first-order chi connectivity index (χ1) is 14.1. The van der Waals surface area contributed by atoms with Crippen LogP contribution < -0.4 is 5.63 Å². The van der Waals surface area contributed by atoms with E-state index in [1.54, 1.807) is 6.07 Å². The Hall–Kier alpha value is -1.21. The van der Waals surface area contributed by atoms with Gasteiger partial charge in [0, 0.05) is 29.7 Å². The van der Waals surface area contributed by atoms with Gasteiger partial charge in [0.2, 0.25) is 0 Å². The largest absolute Gasteiger partial charge is 0.431 e. The molecule has 0 radical (unpaired) electrons. The van der Waals surface area contributed by atoms with Crippen molar-refractivity contribution in [1.82, 2.24) is 0 Å². The van der Waals surface area contributed by atoms with Crippen LogP contribution in [0.3, 0.4) is 0 Å². The molecule has 4 aliphatic carbocycles. The van der Waals surface area contributed by atoms with Crippen LogP contribution in [0.25, 0.3) is 0 Å². The van der Waals surface area contributed by atoms with Crippen LogP contribution in [0.5, 0.6) is 0 Å². The van der Waals surface area contributed by atoms with Crippen LogP contribution in [0.2, 0.25) is 0 Å². The SMILES string of the molecule is C[C@]12CC[C@H](O)C[C@H]1C[C@H](O)[C@@H]1[C@@H]2CC[C@]2(C)[C@@H](c3ccc(=O)oc3)[C@H](O)C[C@]12O. The molecule has 0 aromatic carbocycles. The quantitative estimate of drug-likeness (QED) is 0.556. The summed E-state index contributed by atoms with van der Waals surface area (Å²) < 4.78 is 5.08. The third-order valence-electron chi connectivity index (χ3n) is 9.92. The Labute approximate surface area is 176 Å². The lowest BCUT2D eigenvalue weighted by Crippen LogP contribution is -2.66. The second-order valence-electron chi connectivity index (χ2n) is 11.1. The van der Waals surface area contributed by atoms with Crippen molar-refractivity contribution < 1.29 is 24.8 Å². The summed E-state index contributed by atoms with van der Waals surface area (Å²) in [6, 6.07) is 3.06. The molecule has 0 bridgehead atoms. The summed E-state index contributed by atoms with van der Waals surface area (Å²) in [7, 11) is 0. The van der Waals surface area contributed by atoms with E-state index in [4.69, 9.17) is 4.42 Å². The summed E-state index contributed by atoms with van der Waals surface area (Å²) in [4.78, 5) is 11.4. The highest BCUT2D eigenvalue weighted by molar-refractivity contribution is 5.30. The van der Waals surface area contributed by atoms with Gasteiger partial charge in [0.1, 0.15) is 0 Å². The summed E-state index contributed by atoms with van der Waals surface area (Å²) in [5.74, 6) is -0.228. The second-order valence-corrected chi connectivity index (χ2v) is 11.1. The van der Waals surface area contributed by atoms with E-state index in [0.29, 0.717) is 6.42 Å². The summed E-state index contributed by atoms with van der Waals surface area (Å²) in [6.07, 6.45) is 4.53. The summed E-state index contributed by atoms with van der Waals surface area (Å²) >= 11 is 0. The summed E-state index contributed by atoms with van der Waals surface area (Å²) in [5.41, 5.74) is -1.53. The summed E-state index contributed by atoms with van der Waals surface area (Å²) in [6.45, 7) is 4.31. The number of aliphatic hydroxyl groups excluding tert-OH is 3. The zero-order valence-corrected chi connectivity index (χ0v) is 17.8. The van der Waals surface area contributed by atoms with Gasteiger partial charge in [-0.1, -0.05) is 13.8 Å². The van der Waals surface area contributed by atoms with Gasteiger partial charge in [0.15, 0.2) is 0 Å². The molecular formula is C24H34O6.